The molecule has 0 spiro atoms. The summed E-state index contributed by atoms with van der Waals surface area (Å²) < 4.78 is 0. The number of phenolic OH excluding ortho intramolecular Hbond substituents is 1. The summed E-state index contributed by atoms with van der Waals surface area (Å²) in [5.74, 6) is -1.26. The molecule has 35 heavy (non-hydrogen) atoms. The van der Waals surface area contributed by atoms with Crippen molar-refractivity contribution < 1.29 is 19.8 Å². The highest BCUT2D eigenvalue weighted by Gasteiger charge is 2.44. The van der Waals surface area contributed by atoms with Crippen LogP contribution in [0.2, 0.25) is 0 Å². The van der Waals surface area contributed by atoms with E-state index in [1.54, 1.807) is 30.3 Å². The number of aryl methyl sites for hydroxylation is 2. The van der Waals surface area contributed by atoms with Gasteiger partial charge in [-0.15, -0.1) is 0 Å². The summed E-state index contributed by atoms with van der Waals surface area (Å²) in [6, 6.07) is 16.2. The van der Waals surface area contributed by atoms with Crippen molar-refractivity contribution in [3.05, 3.63) is 77.4 Å². The Morgan fingerprint density at radius 2 is 1.80 bits per heavy atom. The molecule has 1 heterocycles. The molecule has 1 aliphatic carbocycles. The molecule has 8 nitrogen and oxygen atoms in total. The number of carbonyl (C=O) groups is 2. The van der Waals surface area contributed by atoms with E-state index in [2.05, 4.69) is 15.3 Å². The maximum absolute atomic E-state index is 13.3. The summed E-state index contributed by atoms with van der Waals surface area (Å²) in [5, 5.41) is 34.7. The third-order valence-electron chi connectivity index (χ3n) is 6.39. The predicted molar refractivity (Wildman–Crippen MR) is 132 cm³/mol. The molecule has 8 heteroatoms. The molecule has 3 aromatic carbocycles. The number of azo groups is 1. The van der Waals surface area contributed by atoms with Gasteiger partial charge in [-0.1, -0.05) is 30.3 Å². The van der Waals surface area contributed by atoms with Crippen molar-refractivity contribution in [1.82, 2.24) is 0 Å². The molecule has 3 aromatic rings. The zero-order valence-electron chi connectivity index (χ0n) is 19.3. The number of nitrogens with zero attached hydrogens (tertiary/aromatic N) is 4. The van der Waals surface area contributed by atoms with Crippen LogP contribution in [0.1, 0.15) is 34.3 Å². The van der Waals surface area contributed by atoms with E-state index in [0.717, 1.165) is 24.0 Å². The Morgan fingerprint density at radius 1 is 1.03 bits per heavy atom. The molecule has 0 radical (unpaired) electrons. The lowest BCUT2D eigenvalue weighted by molar-refractivity contribution is -0.117. The summed E-state index contributed by atoms with van der Waals surface area (Å²) in [6.07, 6.45) is 1.92. The summed E-state index contributed by atoms with van der Waals surface area (Å²) in [4.78, 5) is 24.6. The van der Waals surface area contributed by atoms with E-state index in [9.17, 15) is 19.8 Å². The number of para-hydroxylation sites is 1. The SMILES string of the molecule is Cc1ccc(N2N=C(C3CC3)C(N=Nc3cccc(-c4cccc(C(=O)O)c4)c3O)C2=O)cc1C. The van der Waals surface area contributed by atoms with Gasteiger partial charge in [0.25, 0.3) is 5.91 Å². The lowest BCUT2D eigenvalue weighted by Crippen LogP contribution is -2.31. The van der Waals surface area contributed by atoms with Crippen molar-refractivity contribution in [1.29, 1.82) is 0 Å². The highest BCUT2D eigenvalue weighted by Crippen LogP contribution is 2.40. The topological polar surface area (TPSA) is 115 Å². The highest BCUT2D eigenvalue weighted by molar-refractivity contribution is 6.20. The molecule has 1 fully saturated rings. The van der Waals surface area contributed by atoms with Crippen LogP contribution in [0.15, 0.2) is 76.0 Å². The molecule has 2 aliphatic rings. The molecular weight excluding hydrogens is 444 g/mol. The summed E-state index contributed by atoms with van der Waals surface area (Å²) in [5.41, 5.74) is 4.86. The van der Waals surface area contributed by atoms with Crippen LogP contribution in [-0.2, 0) is 4.79 Å². The summed E-state index contributed by atoms with van der Waals surface area (Å²) in [7, 11) is 0. The number of hydrogen-bond acceptors (Lipinski definition) is 6. The number of rotatable bonds is 6. The maximum Gasteiger partial charge on any atom is 0.335 e. The fraction of sp³-hybridized carbons (Fsp3) is 0.222. The Labute approximate surface area is 202 Å². The third kappa shape index (κ3) is 4.30. The minimum Gasteiger partial charge on any atom is -0.505 e. The second kappa shape index (κ2) is 8.79. The van der Waals surface area contributed by atoms with Crippen LogP contribution in [-0.4, -0.2) is 33.8 Å². The van der Waals surface area contributed by atoms with E-state index in [0.29, 0.717) is 22.5 Å². The average Bonchev–Trinajstić information content (AvgIpc) is 3.64. The van der Waals surface area contributed by atoms with Gasteiger partial charge in [-0.05, 0) is 73.7 Å². The number of hydrogen-bond donors (Lipinski definition) is 2. The standard InChI is InChI=1S/C27H24N4O4/c1-15-9-12-20(13-16(15)2)31-26(33)24(23(30-31)17-10-11-17)29-28-22-8-4-7-21(25(22)32)18-5-3-6-19(14-18)27(34)35/h3-9,12-14,17,24,32H,10-11H2,1-2H3,(H,34,35). The monoisotopic (exact) mass is 468 g/mol. The van der Waals surface area contributed by atoms with Crippen molar-refractivity contribution in [2.75, 3.05) is 5.01 Å². The second-order valence-electron chi connectivity index (χ2n) is 8.90. The largest absolute Gasteiger partial charge is 0.505 e. The molecule has 1 unspecified atom stereocenters. The Hall–Kier alpha value is -4.33. The van der Waals surface area contributed by atoms with Crippen molar-refractivity contribution in [3.63, 3.8) is 0 Å². The van der Waals surface area contributed by atoms with Gasteiger partial charge in [0.15, 0.2) is 11.8 Å². The number of aromatic hydroxyl groups is 1. The average molecular weight is 469 g/mol. The van der Waals surface area contributed by atoms with Crippen molar-refractivity contribution in [3.8, 4) is 16.9 Å². The number of benzene rings is 3. The Balaban J connectivity index is 1.45. The number of aromatic carboxylic acids is 1. The second-order valence-corrected chi connectivity index (χ2v) is 8.90. The number of phenols is 1. The van der Waals surface area contributed by atoms with Crippen LogP contribution in [0.3, 0.4) is 0 Å². The molecule has 0 bridgehead atoms. The van der Waals surface area contributed by atoms with E-state index in [-0.39, 0.29) is 28.8 Å². The molecule has 0 saturated heterocycles. The summed E-state index contributed by atoms with van der Waals surface area (Å²) in [6.45, 7) is 4.00. The number of anilines is 1. The van der Waals surface area contributed by atoms with Crippen LogP contribution in [0.25, 0.3) is 11.1 Å². The smallest absolute Gasteiger partial charge is 0.335 e. The molecule has 2 N–H and O–H groups in total. The first kappa shape index (κ1) is 22.5. The summed E-state index contributed by atoms with van der Waals surface area (Å²) >= 11 is 0. The van der Waals surface area contributed by atoms with E-state index in [4.69, 9.17) is 0 Å². The lowest BCUT2D eigenvalue weighted by Gasteiger charge is -2.14. The van der Waals surface area contributed by atoms with Crippen LogP contribution < -0.4 is 5.01 Å². The normalized spacial score (nSPS) is 17.8. The van der Waals surface area contributed by atoms with Gasteiger partial charge >= 0.3 is 5.97 Å². The van der Waals surface area contributed by atoms with E-state index in [1.165, 1.54) is 17.1 Å². The van der Waals surface area contributed by atoms with Crippen molar-refractivity contribution in [2.24, 2.45) is 21.2 Å². The number of carbonyl (C=O) groups excluding carboxylic acids is 1. The van der Waals surface area contributed by atoms with E-state index >= 15 is 0 Å². The van der Waals surface area contributed by atoms with Gasteiger partial charge in [-0.3, -0.25) is 4.79 Å². The minimum absolute atomic E-state index is 0.113. The quantitative estimate of drug-likeness (QED) is 0.456. The molecule has 1 saturated carbocycles. The van der Waals surface area contributed by atoms with Gasteiger partial charge in [0.1, 0.15) is 5.69 Å². The first-order valence-corrected chi connectivity index (χ1v) is 11.4. The van der Waals surface area contributed by atoms with Gasteiger partial charge in [0.05, 0.1) is 17.0 Å². The van der Waals surface area contributed by atoms with E-state index in [1.807, 2.05) is 32.0 Å². The number of carboxylic acids is 1. The van der Waals surface area contributed by atoms with Gasteiger partial charge in [-0.25, -0.2) is 4.79 Å². The van der Waals surface area contributed by atoms with Crippen LogP contribution in [0.4, 0.5) is 11.4 Å². The first-order chi connectivity index (χ1) is 16.8. The Kier molecular flexibility index (Phi) is 5.64. The first-order valence-electron chi connectivity index (χ1n) is 11.4. The minimum atomic E-state index is -1.05. The van der Waals surface area contributed by atoms with Gasteiger partial charge in [-0.2, -0.15) is 20.3 Å². The molecule has 176 valence electrons. The highest BCUT2D eigenvalue weighted by atomic mass is 16.4. The van der Waals surface area contributed by atoms with Crippen LogP contribution in [0, 0.1) is 19.8 Å². The molecular formula is C27H24N4O4. The number of carboxylic acid groups (broad SMARTS) is 1. The molecule has 1 atom stereocenters. The number of amides is 1. The molecule has 1 amide bonds. The maximum atomic E-state index is 13.3. The fourth-order valence-corrected chi connectivity index (χ4v) is 4.08. The lowest BCUT2D eigenvalue weighted by atomic mass is 10.0. The molecule has 1 aliphatic heterocycles. The van der Waals surface area contributed by atoms with Gasteiger partial charge in [0.2, 0.25) is 0 Å². The van der Waals surface area contributed by atoms with Crippen LogP contribution >= 0.6 is 0 Å². The molecule has 5 rings (SSSR count). The molecule has 0 aromatic heterocycles. The zero-order valence-corrected chi connectivity index (χ0v) is 19.3. The fourth-order valence-electron chi connectivity index (χ4n) is 4.08. The van der Waals surface area contributed by atoms with E-state index < -0.39 is 12.0 Å². The van der Waals surface area contributed by atoms with Gasteiger partial charge in [0, 0.05) is 11.5 Å². The number of hydrazone groups is 1. The van der Waals surface area contributed by atoms with Crippen molar-refractivity contribution in [2.45, 2.75) is 32.7 Å². The third-order valence-corrected chi connectivity index (χ3v) is 6.39. The van der Waals surface area contributed by atoms with Crippen molar-refractivity contribution >= 4 is 29.0 Å². The zero-order chi connectivity index (χ0) is 24.7. The Morgan fingerprint density at radius 3 is 2.51 bits per heavy atom. The van der Waals surface area contributed by atoms with Gasteiger partial charge < -0.3 is 10.2 Å². The predicted octanol–water partition coefficient (Wildman–Crippen LogP) is 5.64. The van der Waals surface area contributed by atoms with Crippen LogP contribution in [0.5, 0.6) is 5.75 Å². The Bertz CT molecular complexity index is 1410.